The molecule has 0 aliphatic carbocycles. The Labute approximate surface area is 111 Å². The van der Waals surface area contributed by atoms with E-state index in [4.69, 9.17) is 14.2 Å². The molecule has 1 aromatic rings. The summed E-state index contributed by atoms with van der Waals surface area (Å²) in [6.45, 7) is 1.63. The van der Waals surface area contributed by atoms with Crippen LogP contribution in [0.25, 0.3) is 0 Å². The van der Waals surface area contributed by atoms with E-state index in [0.29, 0.717) is 25.3 Å². The third-order valence-electron chi connectivity index (χ3n) is 2.34. The molecule has 4 nitrogen and oxygen atoms in total. The summed E-state index contributed by atoms with van der Waals surface area (Å²) in [5.74, 6) is -1.78. The maximum atomic E-state index is 13.6. The van der Waals surface area contributed by atoms with E-state index >= 15 is 0 Å². The van der Waals surface area contributed by atoms with Gasteiger partial charge in [0.05, 0.1) is 19.8 Å². The Morgan fingerprint density at radius 1 is 1.05 bits per heavy atom. The number of halogens is 2. The summed E-state index contributed by atoms with van der Waals surface area (Å²) in [7, 11) is 3.27. The Morgan fingerprint density at radius 3 is 2.26 bits per heavy atom. The zero-order valence-corrected chi connectivity index (χ0v) is 11.2. The molecule has 1 N–H and O–H groups in total. The molecule has 6 heteroatoms. The molecule has 0 atom stereocenters. The second-order valence-corrected chi connectivity index (χ2v) is 3.87. The van der Waals surface area contributed by atoms with Crippen molar-refractivity contribution in [3.63, 3.8) is 0 Å². The zero-order valence-electron chi connectivity index (χ0n) is 11.2. The van der Waals surface area contributed by atoms with Gasteiger partial charge in [0.2, 0.25) is 0 Å². The first-order chi connectivity index (χ1) is 9.19. The van der Waals surface area contributed by atoms with Crippen molar-refractivity contribution in [2.75, 3.05) is 40.6 Å². The minimum absolute atomic E-state index is 0.0862. The second-order valence-electron chi connectivity index (χ2n) is 3.87. The van der Waals surface area contributed by atoms with Gasteiger partial charge in [-0.1, -0.05) is 0 Å². The lowest BCUT2D eigenvalue weighted by molar-refractivity contribution is 0.0531. The Hall–Kier alpha value is -1.24. The van der Waals surface area contributed by atoms with Gasteiger partial charge >= 0.3 is 0 Å². The van der Waals surface area contributed by atoms with Crippen LogP contribution < -0.4 is 10.1 Å². The van der Waals surface area contributed by atoms with Crippen LogP contribution >= 0.6 is 0 Å². The maximum Gasteiger partial charge on any atom is 0.190 e. The number of methoxy groups -OCH3 is 1. The highest BCUT2D eigenvalue weighted by molar-refractivity contribution is 5.31. The third-order valence-corrected chi connectivity index (χ3v) is 2.34. The van der Waals surface area contributed by atoms with Crippen LogP contribution in [-0.2, 0) is 16.0 Å². The summed E-state index contributed by atoms with van der Waals surface area (Å²) in [5.41, 5.74) is 0.529. The van der Waals surface area contributed by atoms with Crippen molar-refractivity contribution in [1.82, 2.24) is 5.32 Å². The first kappa shape index (κ1) is 15.8. The molecule has 1 aromatic carbocycles. The predicted octanol–water partition coefficient (Wildman–Crippen LogP) is 1.73. The lowest BCUT2D eigenvalue weighted by Gasteiger charge is -2.10. The van der Waals surface area contributed by atoms with Gasteiger partial charge in [-0.2, -0.15) is 0 Å². The molecule has 0 aliphatic heterocycles. The van der Waals surface area contributed by atoms with E-state index in [9.17, 15) is 8.78 Å². The Morgan fingerprint density at radius 2 is 1.68 bits per heavy atom. The van der Waals surface area contributed by atoms with Crippen molar-refractivity contribution >= 4 is 0 Å². The van der Waals surface area contributed by atoms with Gasteiger partial charge in [-0.15, -0.1) is 0 Å². The van der Waals surface area contributed by atoms with Crippen molar-refractivity contribution in [1.29, 1.82) is 0 Å². The molecule has 0 aliphatic rings. The smallest absolute Gasteiger partial charge is 0.190 e. The summed E-state index contributed by atoms with van der Waals surface area (Å²) in [4.78, 5) is 0. The minimum Gasteiger partial charge on any atom is -0.485 e. The van der Waals surface area contributed by atoms with Gasteiger partial charge in [0.25, 0.3) is 0 Å². The van der Waals surface area contributed by atoms with E-state index in [0.717, 1.165) is 0 Å². The monoisotopic (exact) mass is 275 g/mol. The molecule has 0 unspecified atom stereocenters. The summed E-state index contributed by atoms with van der Waals surface area (Å²) in [6, 6.07) is 2.50. The van der Waals surface area contributed by atoms with Gasteiger partial charge in [0.15, 0.2) is 17.4 Å². The van der Waals surface area contributed by atoms with E-state index in [1.54, 1.807) is 14.2 Å². The van der Waals surface area contributed by atoms with Crippen LogP contribution in [0.15, 0.2) is 12.1 Å². The lowest BCUT2D eigenvalue weighted by Crippen LogP contribution is -2.12. The Balaban J connectivity index is 2.45. The molecule has 0 fully saturated rings. The molecule has 0 heterocycles. The topological polar surface area (TPSA) is 39.7 Å². The number of benzene rings is 1. The van der Waals surface area contributed by atoms with Crippen LogP contribution in [0.5, 0.6) is 5.75 Å². The number of nitrogens with one attached hydrogen (secondary N) is 1. The van der Waals surface area contributed by atoms with Crippen LogP contribution in [0.1, 0.15) is 5.56 Å². The van der Waals surface area contributed by atoms with Crippen molar-refractivity contribution < 1.29 is 23.0 Å². The molecule has 0 saturated carbocycles. The van der Waals surface area contributed by atoms with E-state index in [-0.39, 0.29) is 19.0 Å². The van der Waals surface area contributed by atoms with Crippen LogP contribution in [-0.4, -0.2) is 40.6 Å². The summed E-state index contributed by atoms with van der Waals surface area (Å²) < 4.78 is 42.2. The minimum atomic E-state index is -0.706. The van der Waals surface area contributed by atoms with Crippen molar-refractivity contribution in [3.05, 3.63) is 29.3 Å². The second kappa shape index (κ2) is 8.79. The van der Waals surface area contributed by atoms with Crippen LogP contribution in [0.3, 0.4) is 0 Å². The fourth-order valence-corrected chi connectivity index (χ4v) is 1.50. The van der Waals surface area contributed by atoms with E-state index < -0.39 is 11.6 Å². The Bertz CT molecular complexity index is 365. The molecule has 0 aromatic heterocycles. The molecule has 0 spiro atoms. The summed E-state index contributed by atoms with van der Waals surface area (Å²) in [5, 5.41) is 2.82. The van der Waals surface area contributed by atoms with Gasteiger partial charge in [-0.3, -0.25) is 0 Å². The molecule has 19 heavy (non-hydrogen) atoms. The molecule has 1 rings (SSSR count). The number of hydrogen-bond acceptors (Lipinski definition) is 4. The highest BCUT2D eigenvalue weighted by Gasteiger charge is 2.12. The van der Waals surface area contributed by atoms with Crippen LogP contribution in [0.4, 0.5) is 8.78 Å². The average Bonchev–Trinajstić information content (AvgIpc) is 2.36. The van der Waals surface area contributed by atoms with Gasteiger partial charge in [0.1, 0.15) is 6.61 Å². The van der Waals surface area contributed by atoms with E-state index in [2.05, 4.69) is 5.32 Å². The highest BCUT2D eigenvalue weighted by atomic mass is 19.1. The Kier molecular flexibility index (Phi) is 7.32. The first-order valence-electron chi connectivity index (χ1n) is 6.01. The average molecular weight is 275 g/mol. The molecular weight excluding hydrogens is 256 g/mol. The third kappa shape index (κ3) is 5.50. The van der Waals surface area contributed by atoms with E-state index in [1.807, 2.05) is 0 Å². The summed E-state index contributed by atoms with van der Waals surface area (Å²) in [6.07, 6.45) is 0. The van der Waals surface area contributed by atoms with Crippen LogP contribution in [0.2, 0.25) is 0 Å². The normalized spacial score (nSPS) is 10.7. The lowest BCUT2D eigenvalue weighted by atomic mass is 10.2. The van der Waals surface area contributed by atoms with Crippen molar-refractivity contribution in [3.8, 4) is 5.75 Å². The van der Waals surface area contributed by atoms with Gasteiger partial charge in [-0.25, -0.2) is 8.78 Å². The predicted molar refractivity (Wildman–Crippen MR) is 67.3 cm³/mol. The molecular formula is C13H19F2NO3. The molecule has 0 saturated heterocycles. The molecule has 0 radical (unpaired) electrons. The molecule has 108 valence electrons. The number of rotatable bonds is 9. The quantitative estimate of drug-likeness (QED) is 0.697. The largest absolute Gasteiger partial charge is 0.485 e. The van der Waals surface area contributed by atoms with E-state index in [1.165, 1.54) is 12.1 Å². The standard InChI is InChI=1S/C13H19F2NO3/c1-16-9-10-7-11(14)13(12(15)8-10)19-6-5-18-4-3-17-2/h7-8,16H,3-6,9H2,1-2H3. The first-order valence-corrected chi connectivity index (χ1v) is 6.01. The number of ether oxygens (including phenoxy) is 3. The summed E-state index contributed by atoms with van der Waals surface area (Å²) >= 11 is 0. The maximum absolute atomic E-state index is 13.6. The van der Waals surface area contributed by atoms with Crippen molar-refractivity contribution in [2.24, 2.45) is 0 Å². The molecule has 0 bridgehead atoms. The van der Waals surface area contributed by atoms with Gasteiger partial charge in [0, 0.05) is 13.7 Å². The highest BCUT2D eigenvalue weighted by Crippen LogP contribution is 2.23. The SMILES string of the molecule is CNCc1cc(F)c(OCCOCCOC)c(F)c1. The van der Waals surface area contributed by atoms with Gasteiger partial charge < -0.3 is 19.5 Å². The fourth-order valence-electron chi connectivity index (χ4n) is 1.50. The molecule has 0 amide bonds. The van der Waals surface area contributed by atoms with Gasteiger partial charge in [-0.05, 0) is 24.7 Å². The fraction of sp³-hybridized carbons (Fsp3) is 0.538. The van der Waals surface area contributed by atoms with Crippen LogP contribution in [0, 0.1) is 11.6 Å². The number of hydrogen-bond donors (Lipinski definition) is 1. The van der Waals surface area contributed by atoms with Crippen molar-refractivity contribution in [2.45, 2.75) is 6.54 Å². The zero-order chi connectivity index (χ0) is 14.1.